The quantitative estimate of drug-likeness (QED) is 0.241. The molecule has 2 aliphatic rings. The molecule has 0 bridgehead atoms. The van der Waals surface area contributed by atoms with Crippen molar-refractivity contribution in [3.63, 3.8) is 0 Å². The lowest BCUT2D eigenvalue weighted by Gasteiger charge is -2.35. The van der Waals surface area contributed by atoms with Crippen LogP contribution in [-0.2, 0) is 0 Å². The van der Waals surface area contributed by atoms with Crippen LogP contribution in [0.4, 0.5) is 0 Å². The first-order valence-corrected chi connectivity index (χ1v) is 12.4. The first kappa shape index (κ1) is 22.2. The summed E-state index contributed by atoms with van der Waals surface area (Å²) in [6.45, 7) is 16.6. The maximum atomic E-state index is 2.34. The molecule has 0 N–H and O–H groups in total. The molecule has 0 spiro atoms. The molecule has 2 saturated heterocycles. The summed E-state index contributed by atoms with van der Waals surface area (Å²) >= 11 is 0. The van der Waals surface area contributed by atoms with Crippen LogP contribution in [-0.4, -0.2) is 61.3 Å². The van der Waals surface area contributed by atoms with Crippen molar-refractivity contribution >= 4 is 0 Å². The van der Waals surface area contributed by atoms with Crippen LogP contribution in [0, 0.1) is 0 Å². The van der Waals surface area contributed by atoms with E-state index in [-0.39, 0.29) is 0 Å². The van der Waals surface area contributed by atoms with Crippen LogP contribution in [0.15, 0.2) is 0 Å². The predicted molar refractivity (Wildman–Crippen MR) is 115 cm³/mol. The summed E-state index contributed by atoms with van der Waals surface area (Å²) in [5.74, 6) is 0. The molecule has 2 heteroatoms. The van der Waals surface area contributed by atoms with Crippen LogP contribution >= 0.6 is 0 Å². The summed E-state index contributed by atoms with van der Waals surface area (Å²) < 4.78 is 2.97. The number of unbranched alkanes of at least 4 members (excludes halogenated alkanes) is 7. The van der Waals surface area contributed by atoms with Gasteiger partial charge in [0.05, 0.1) is 52.4 Å². The lowest BCUT2D eigenvalue weighted by atomic mass is 10.1. The molecule has 0 aromatic rings. The molecular weight excluding hydrogens is 316 g/mol. The fourth-order valence-corrected chi connectivity index (χ4v) is 5.77. The lowest BCUT2D eigenvalue weighted by Crippen LogP contribution is -2.47. The summed E-state index contributed by atoms with van der Waals surface area (Å²) in [5.41, 5.74) is 0. The number of nitrogens with zero attached hydrogens (tertiary/aromatic N) is 2. The Balaban J connectivity index is 1.59. The molecule has 0 atom stereocenters. The van der Waals surface area contributed by atoms with Crippen molar-refractivity contribution in [3.05, 3.63) is 0 Å². The van der Waals surface area contributed by atoms with E-state index in [0.29, 0.717) is 0 Å². The van der Waals surface area contributed by atoms with Gasteiger partial charge in [-0.05, 0) is 51.4 Å². The standard InChI is InChI=1S/C24H50N2/c1-3-5-9-17-25(21-13-14-22-25)19-11-7-8-12-20-26(18-10-6-4-2)23-15-16-24-26/h3-24H2,1-2H3/q+2. The van der Waals surface area contributed by atoms with Gasteiger partial charge in [0.15, 0.2) is 0 Å². The van der Waals surface area contributed by atoms with Crippen LogP contribution < -0.4 is 0 Å². The van der Waals surface area contributed by atoms with Crippen LogP contribution in [0.3, 0.4) is 0 Å². The van der Waals surface area contributed by atoms with E-state index in [1.54, 1.807) is 0 Å². The van der Waals surface area contributed by atoms with Crippen molar-refractivity contribution < 1.29 is 8.97 Å². The van der Waals surface area contributed by atoms with Gasteiger partial charge in [-0.25, -0.2) is 0 Å². The average molecular weight is 367 g/mol. The Bertz CT molecular complexity index is 306. The van der Waals surface area contributed by atoms with E-state index in [9.17, 15) is 0 Å². The second-order valence-electron chi connectivity index (χ2n) is 9.71. The third-order valence-electron chi connectivity index (χ3n) is 7.52. The van der Waals surface area contributed by atoms with Gasteiger partial charge in [0.1, 0.15) is 0 Å². The van der Waals surface area contributed by atoms with Crippen LogP contribution in [0.1, 0.15) is 104 Å². The Kier molecular flexibility index (Phi) is 10.6. The minimum atomic E-state index is 1.37. The van der Waals surface area contributed by atoms with E-state index in [4.69, 9.17) is 0 Å². The Labute approximate surface area is 165 Å². The third-order valence-corrected chi connectivity index (χ3v) is 7.52. The molecule has 26 heavy (non-hydrogen) atoms. The fourth-order valence-electron chi connectivity index (χ4n) is 5.77. The van der Waals surface area contributed by atoms with Gasteiger partial charge in [0.2, 0.25) is 0 Å². The maximum Gasteiger partial charge on any atom is 0.0788 e. The minimum absolute atomic E-state index is 1.37. The summed E-state index contributed by atoms with van der Waals surface area (Å²) in [6, 6.07) is 0. The van der Waals surface area contributed by atoms with Gasteiger partial charge in [0, 0.05) is 25.7 Å². The van der Waals surface area contributed by atoms with E-state index in [1.807, 2.05) is 0 Å². The maximum absolute atomic E-state index is 2.34. The first-order chi connectivity index (χ1) is 12.7. The second kappa shape index (κ2) is 12.4. The summed E-state index contributed by atoms with van der Waals surface area (Å²) in [6.07, 6.45) is 20.5. The van der Waals surface area contributed by atoms with Gasteiger partial charge >= 0.3 is 0 Å². The van der Waals surface area contributed by atoms with Gasteiger partial charge in [-0.15, -0.1) is 0 Å². The summed E-state index contributed by atoms with van der Waals surface area (Å²) in [4.78, 5) is 0. The van der Waals surface area contributed by atoms with E-state index in [0.717, 1.165) is 0 Å². The van der Waals surface area contributed by atoms with Gasteiger partial charge in [-0.2, -0.15) is 0 Å². The SMILES string of the molecule is CCCCC[N+]1(CCCCCC[N+]2(CCCCC)CCCC2)CCCC1. The highest BCUT2D eigenvalue weighted by Crippen LogP contribution is 2.24. The molecule has 0 aliphatic carbocycles. The average Bonchev–Trinajstić information content (AvgIpc) is 3.29. The van der Waals surface area contributed by atoms with Gasteiger partial charge in [0.25, 0.3) is 0 Å². The fraction of sp³-hybridized carbons (Fsp3) is 1.00. The van der Waals surface area contributed by atoms with Crippen molar-refractivity contribution in [2.24, 2.45) is 0 Å². The van der Waals surface area contributed by atoms with Crippen molar-refractivity contribution in [1.82, 2.24) is 0 Å². The molecule has 0 amide bonds. The highest BCUT2D eigenvalue weighted by Gasteiger charge is 2.31. The Morgan fingerprint density at radius 1 is 0.423 bits per heavy atom. The molecule has 2 fully saturated rings. The number of hydrogen-bond donors (Lipinski definition) is 0. The Morgan fingerprint density at radius 2 is 0.731 bits per heavy atom. The van der Waals surface area contributed by atoms with Crippen LogP contribution in [0.25, 0.3) is 0 Å². The van der Waals surface area contributed by atoms with E-state index in [2.05, 4.69) is 13.8 Å². The highest BCUT2D eigenvalue weighted by molar-refractivity contribution is 4.59. The number of quaternary nitrogens is 2. The largest absolute Gasteiger partial charge is 0.324 e. The van der Waals surface area contributed by atoms with Crippen molar-refractivity contribution in [1.29, 1.82) is 0 Å². The van der Waals surface area contributed by atoms with Gasteiger partial charge < -0.3 is 8.97 Å². The van der Waals surface area contributed by atoms with Crippen LogP contribution in [0.2, 0.25) is 0 Å². The van der Waals surface area contributed by atoms with Crippen molar-refractivity contribution in [3.8, 4) is 0 Å². The van der Waals surface area contributed by atoms with Crippen molar-refractivity contribution in [2.45, 2.75) is 104 Å². The molecule has 0 radical (unpaired) electrons. The molecular formula is C24H50N2+2. The predicted octanol–water partition coefficient (Wildman–Crippen LogP) is 6.15. The zero-order valence-electron chi connectivity index (χ0n) is 18.5. The molecule has 0 saturated carbocycles. The highest BCUT2D eigenvalue weighted by atomic mass is 15.4. The molecule has 2 aliphatic heterocycles. The van der Waals surface area contributed by atoms with Crippen LogP contribution in [0.5, 0.6) is 0 Å². The van der Waals surface area contributed by atoms with Gasteiger partial charge in [-0.3, -0.25) is 0 Å². The first-order valence-electron chi connectivity index (χ1n) is 12.4. The lowest BCUT2D eigenvalue weighted by molar-refractivity contribution is -0.917. The second-order valence-corrected chi connectivity index (χ2v) is 9.71. The Morgan fingerprint density at radius 3 is 1.04 bits per heavy atom. The Hall–Kier alpha value is -0.0800. The number of hydrogen-bond acceptors (Lipinski definition) is 0. The molecule has 154 valence electrons. The molecule has 0 unspecified atom stereocenters. The van der Waals surface area contributed by atoms with E-state index in [1.165, 1.54) is 151 Å². The minimum Gasteiger partial charge on any atom is -0.324 e. The van der Waals surface area contributed by atoms with E-state index < -0.39 is 0 Å². The zero-order chi connectivity index (χ0) is 18.6. The number of rotatable bonds is 15. The smallest absolute Gasteiger partial charge is 0.0788 e. The zero-order valence-corrected chi connectivity index (χ0v) is 18.5. The third kappa shape index (κ3) is 7.50. The topological polar surface area (TPSA) is 0 Å². The summed E-state index contributed by atoms with van der Waals surface area (Å²) in [5, 5.41) is 0. The molecule has 0 aromatic heterocycles. The van der Waals surface area contributed by atoms with Crippen molar-refractivity contribution in [2.75, 3.05) is 52.4 Å². The van der Waals surface area contributed by atoms with E-state index >= 15 is 0 Å². The molecule has 0 aromatic carbocycles. The number of likely N-dealkylation sites (tertiary alicyclic amines) is 2. The normalized spacial score (nSPS) is 21.5. The molecule has 2 nitrogen and oxygen atoms in total. The summed E-state index contributed by atoms with van der Waals surface area (Å²) in [7, 11) is 0. The van der Waals surface area contributed by atoms with Gasteiger partial charge in [-0.1, -0.05) is 26.7 Å². The monoisotopic (exact) mass is 366 g/mol. The molecule has 2 rings (SSSR count). The molecule has 2 heterocycles.